The molecule has 0 radical (unpaired) electrons. The molecule has 0 spiro atoms. The average molecular weight is 339 g/mol. The molecular formula is C19H21N3O3. The minimum Gasteiger partial charge on any atom is -0.367 e. The van der Waals surface area contributed by atoms with E-state index in [4.69, 9.17) is 4.74 Å². The Kier molecular flexibility index (Phi) is 5.30. The van der Waals surface area contributed by atoms with Gasteiger partial charge in [0.2, 0.25) is 0 Å². The van der Waals surface area contributed by atoms with Crippen LogP contribution in [0.15, 0.2) is 54.6 Å². The van der Waals surface area contributed by atoms with Crippen LogP contribution in [-0.2, 0) is 9.53 Å². The Balaban J connectivity index is 1.75. The number of nitrogens with zero attached hydrogens (tertiary/aromatic N) is 1. The molecular weight excluding hydrogens is 318 g/mol. The third-order valence-electron chi connectivity index (χ3n) is 4.08. The normalized spacial score (nSPS) is 15.4. The van der Waals surface area contributed by atoms with Gasteiger partial charge in [0.1, 0.15) is 0 Å². The third kappa shape index (κ3) is 3.97. The highest BCUT2D eigenvalue weighted by Gasteiger charge is 2.22. The lowest BCUT2D eigenvalue weighted by Crippen LogP contribution is -2.46. The van der Waals surface area contributed by atoms with Crippen molar-refractivity contribution >= 4 is 23.3 Å². The summed E-state index contributed by atoms with van der Waals surface area (Å²) in [6.07, 6.45) is 0.199. The first-order valence-electron chi connectivity index (χ1n) is 8.23. The van der Waals surface area contributed by atoms with E-state index in [0.717, 1.165) is 17.7 Å². The summed E-state index contributed by atoms with van der Waals surface area (Å²) in [7, 11) is 1.51. The summed E-state index contributed by atoms with van der Waals surface area (Å²) in [4.78, 5) is 26.2. The van der Waals surface area contributed by atoms with Crippen molar-refractivity contribution in [2.24, 2.45) is 0 Å². The quantitative estimate of drug-likeness (QED) is 0.880. The second kappa shape index (κ2) is 7.81. The second-order valence-electron chi connectivity index (χ2n) is 5.80. The molecule has 2 N–H and O–H groups in total. The van der Waals surface area contributed by atoms with Gasteiger partial charge in [-0.2, -0.15) is 0 Å². The standard InChI is InChI=1S/C19H21N3O3/c1-25-17(14-7-3-2-4-8-14)18(23)21-15-9-5-10-16(13-15)22-12-6-11-20-19(22)24/h2-5,7-10,13,17H,6,11-12H2,1H3,(H,20,24)(H,21,23)/t17-/m0/s1. The molecule has 130 valence electrons. The molecule has 1 aliphatic rings. The van der Waals surface area contributed by atoms with E-state index in [-0.39, 0.29) is 11.9 Å². The van der Waals surface area contributed by atoms with E-state index in [1.807, 2.05) is 42.5 Å². The molecule has 25 heavy (non-hydrogen) atoms. The van der Waals surface area contributed by atoms with E-state index in [1.165, 1.54) is 7.11 Å². The van der Waals surface area contributed by atoms with Gasteiger partial charge >= 0.3 is 6.03 Å². The second-order valence-corrected chi connectivity index (χ2v) is 5.80. The predicted octanol–water partition coefficient (Wildman–Crippen LogP) is 2.93. The molecule has 0 aromatic heterocycles. The number of carbonyl (C=O) groups excluding carboxylic acids is 2. The molecule has 1 atom stereocenters. The van der Waals surface area contributed by atoms with Crippen LogP contribution in [0.2, 0.25) is 0 Å². The van der Waals surface area contributed by atoms with Gasteiger partial charge in [-0.1, -0.05) is 36.4 Å². The summed E-state index contributed by atoms with van der Waals surface area (Å²) < 4.78 is 5.35. The van der Waals surface area contributed by atoms with Crippen LogP contribution in [0.5, 0.6) is 0 Å². The van der Waals surface area contributed by atoms with Crippen LogP contribution in [0.3, 0.4) is 0 Å². The minimum absolute atomic E-state index is 0.117. The Labute approximate surface area is 146 Å². The highest BCUT2D eigenvalue weighted by atomic mass is 16.5. The number of urea groups is 1. The average Bonchev–Trinajstić information content (AvgIpc) is 2.64. The van der Waals surface area contributed by atoms with Gasteiger partial charge in [0, 0.05) is 31.6 Å². The zero-order valence-corrected chi connectivity index (χ0v) is 14.1. The van der Waals surface area contributed by atoms with E-state index in [2.05, 4.69) is 10.6 Å². The lowest BCUT2D eigenvalue weighted by molar-refractivity contribution is -0.126. The number of hydrogen-bond acceptors (Lipinski definition) is 3. The van der Waals surface area contributed by atoms with E-state index in [0.29, 0.717) is 18.8 Å². The van der Waals surface area contributed by atoms with Crippen molar-refractivity contribution < 1.29 is 14.3 Å². The number of nitrogens with one attached hydrogen (secondary N) is 2. The van der Waals surface area contributed by atoms with Crippen LogP contribution in [-0.4, -0.2) is 32.1 Å². The summed E-state index contributed by atoms with van der Waals surface area (Å²) in [5.74, 6) is -0.256. The highest BCUT2D eigenvalue weighted by molar-refractivity contribution is 5.97. The van der Waals surface area contributed by atoms with Crippen molar-refractivity contribution in [3.63, 3.8) is 0 Å². The number of hydrogen-bond donors (Lipinski definition) is 2. The van der Waals surface area contributed by atoms with Gasteiger partial charge < -0.3 is 15.4 Å². The number of rotatable bonds is 5. The molecule has 3 amide bonds. The maximum absolute atomic E-state index is 12.6. The molecule has 0 bridgehead atoms. The van der Waals surface area contributed by atoms with E-state index < -0.39 is 6.10 Å². The first-order valence-corrected chi connectivity index (χ1v) is 8.23. The van der Waals surface area contributed by atoms with Crippen LogP contribution in [0.4, 0.5) is 16.2 Å². The fourth-order valence-corrected chi connectivity index (χ4v) is 2.86. The minimum atomic E-state index is -0.692. The van der Waals surface area contributed by atoms with Gasteiger partial charge in [0.15, 0.2) is 6.10 Å². The smallest absolute Gasteiger partial charge is 0.321 e. The van der Waals surface area contributed by atoms with Crippen molar-refractivity contribution in [2.45, 2.75) is 12.5 Å². The molecule has 2 aromatic rings. The number of methoxy groups -OCH3 is 1. The van der Waals surface area contributed by atoms with E-state index in [1.54, 1.807) is 17.0 Å². The molecule has 6 heteroatoms. The van der Waals surface area contributed by atoms with Crippen molar-refractivity contribution in [2.75, 3.05) is 30.4 Å². The van der Waals surface area contributed by atoms with Crippen LogP contribution in [0, 0.1) is 0 Å². The fourth-order valence-electron chi connectivity index (χ4n) is 2.86. The third-order valence-corrected chi connectivity index (χ3v) is 4.08. The molecule has 0 saturated carbocycles. The molecule has 1 fully saturated rings. The Morgan fingerprint density at radius 2 is 2.00 bits per heavy atom. The largest absolute Gasteiger partial charge is 0.367 e. The Bertz CT molecular complexity index is 749. The Morgan fingerprint density at radius 1 is 1.20 bits per heavy atom. The summed E-state index contributed by atoms with van der Waals surface area (Å²) in [5.41, 5.74) is 2.16. The van der Waals surface area contributed by atoms with Gasteiger partial charge in [-0.25, -0.2) is 4.79 Å². The Morgan fingerprint density at radius 3 is 2.72 bits per heavy atom. The first kappa shape index (κ1) is 17.0. The Hall–Kier alpha value is -2.86. The topological polar surface area (TPSA) is 70.7 Å². The molecule has 0 aliphatic carbocycles. The van der Waals surface area contributed by atoms with E-state index >= 15 is 0 Å². The number of benzene rings is 2. The maximum Gasteiger partial charge on any atom is 0.321 e. The summed E-state index contributed by atoms with van der Waals surface area (Å²) >= 11 is 0. The SMILES string of the molecule is CO[C@H](C(=O)Nc1cccc(N2CCCNC2=O)c1)c1ccccc1. The van der Waals surface area contributed by atoms with Gasteiger partial charge in [-0.15, -0.1) is 0 Å². The number of carbonyl (C=O) groups is 2. The number of amides is 3. The van der Waals surface area contributed by atoms with Crippen LogP contribution < -0.4 is 15.5 Å². The number of ether oxygens (including phenoxy) is 1. The molecule has 3 rings (SSSR count). The van der Waals surface area contributed by atoms with Gasteiger partial charge in [-0.05, 0) is 30.2 Å². The number of anilines is 2. The first-order chi connectivity index (χ1) is 12.2. The van der Waals surface area contributed by atoms with Crippen molar-refractivity contribution in [3.8, 4) is 0 Å². The van der Waals surface area contributed by atoms with Crippen molar-refractivity contribution in [3.05, 3.63) is 60.2 Å². The summed E-state index contributed by atoms with van der Waals surface area (Å²) in [6.45, 7) is 1.35. The highest BCUT2D eigenvalue weighted by Crippen LogP contribution is 2.23. The van der Waals surface area contributed by atoms with Crippen LogP contribution in [0.1, 0.15) is 18.1 Å². The fraction of sp³-hybridized carbons (Fsp3) is 0.263. The lowest BCUT2D eigenvalue weighted by Gasteiger charge is -2.27. The van der Waals surface area contributed by atoms with Gasteiger partial charge in [0.05, 0.1) is 0 Å². The molecule has 0 unspecified atom stereocenters. The zero-order valence-electron chi connectivity index (χ0n) is 14.1. The summed E-state index contributed by atoms with van der Waals surface area (Å²) in [5, 5.41) is 5.68. The van der Waals surface area contributed by atoms with Gasteiger partial charge in [-0.3, -0.25) is 9.69 Å². The lowest BCUT2D eigenvalue weighted by atomic mass is 10.1. The van der Waals surface area contributed by atoms with Crippen LogP contribution in [0.25, 0.3) is 0 Å². The van der Waals surface area contributed by atoms with E-state index in [9.17, 15) is 9.59 Å². The van der Waals surface area contributed by atoms with Gasteiger partial charge in [0.25, 0.3) is 5.91 Å². The molecule has 2 aromatic carbocycles. The van der Waals surface area contributed by atoms with Crippen molar-refractivity contribution in [1.29, 1.82) is 0 Å². The monoisotopic (exact) mass is 339 g/mol. The van der Waals surface area contributed by atoms with Crippen molar-refractivity contribution in [1.82, 2.24) is 5.32 Å². The van der Waals surface area contributed by atoms with Crippen LogP contribution >= 0.6 is 0 Å². The predicted molar refractivity (Wildman–Crippen MR) is 96.6 cm³/mol. The zero-order chi connectivity index (χ0) is 17.6. The molecule has 1 heterocycles. The molecule has 1 saturated heterocycles. The molecule has 1 aliphatic heterocycles. The maximum atomic E-state index is 12.6. The molecule has 6 nitrogen and oxygen atoms in total. The summed E-state index contributed by atoms with van der Waals surface area (Å²) in [6, 6.07) is 16.5.